The van der Waals surface area contributed by atoms with Crippen LogP contribution in [0.1, 0.15) is 132 Å². The lowest BCUT2D eigenvalue weighted by Crippen LogP contribution is -2.63. The largest absolute Gasteiger partial charge is 0.478 e. The van der Waals surface area contributed by atoms with Crippen molar-refractivity contribution in [3.05, 3.63) is 11.1 Å². The van der Waals surface area contributed by atoms with Crippen LogP contribution in [0.15, 0.2) is 11.1 Å². The van der Waals surface area contributed by atoms with E-state index >= 15 is 0 Å². The molecule has 0 aromatic heterocycles. The highest BCUT2D eigenvalue weighted by Gasteiger charge is 2.50. The minimum absolute atomic E-state index is 0.177. The molecule has 2 saturated heterocycles. The number of carboxylic acids is 2. The number of hydrogen-bond donors (Lipinski definition) is 4. The van der Waals surface area contributed by atoms with Crippen LogP contribution in [0.3, 0.4) is 0 Å². The Kier molecular flexibility index (Phi) is 10.3. The van der Waals surface area contributed by atoms with Gasteiger partial charge in [0.05, 0.1) is 11.1 Å². The molecule has 0 aliphatic carbocycles. The molecule has 0 saturated carbocycles. The minimum atomic E-state index is -1.04. The molecule has 2 rings (SSSR count). The van der Waals surface area contributed by atoms with Gasteiger partial charge < -0.3 is 20.8 Å². The van der Waals surface area contributed by atoms with E-state index in [1.807, 2.05) is 0 Å². The van der Waals surface area contributed by atoms with Crippen molar-refractivity contribution < 1.29 is 19.8 Å². The summed E-state index contributed by atoms with van der Waals surface area (Å²) < 4.78 is 0. The van der Waals surface area contributed by atoms with Crippen LogP contribution in [0.2, 0.25) is 0 Å². The molecule has 0 bridgehead atoms. The van der Waals surface area contributed by atoms with Gasteiger partial charge in [-0.15, -0.1) is 0 Å². The molecule has 0 atom stereocenters. The van der Waals surface area contributed by atoms with E-state index in [4.69, 9.17) is 0 Å². The van der Waals surface area contributed by atoms with Crippen LogP contribution in [0.4, 0.5) is 0 Å². The van der Waals surface area contributed by atoms with Gasteiger partial charge in [-0.3, -0.25) is 0 Å². The molecule has 0 amide bonds. The van der Waals surface area contributed by atoms with Crippen LogP contribution in [0.25, 0.3) is 0 Å². The Morgan fingerprint density at radius 3 is 0.861 bits per heavy atom. The molecule has 2 heterocycles. The maximum absolute atomic E-state index is 13.0. The standard InChI is InChI=1S/C30H54N2O4/c1-9-27(10-2)17-21(18-28(11-3,12-4)31-27)23(25(33)34)24(26(35)36)22-19-29(13-5,14-6)32-30(15-7,16-8)20-22/h21-22,31-32H,9-20H2,1-8H3,(H,33,34)(H,35,36)/b24-23-. The number of carboxylic acid groups (broad SMARTS) is 2. The monoisotopic (exact) mass is 506 g/mol. The molecule has 2 aliphatic rings. The first-order valence-electron chi connectivity index (χ1n) is 14.7. The van der Waals surface area contributed by atoms with Crippen molar-refractivity contribution in [1.82, 2.24) is 10.6 Å². The zero-order valence-corrected chi connectivity index (χ0v) is 24.4. The molecular weight excluding hydrogens is 452 g/mol. The van der Waals surface area contributed by atoms with Gasteiger partial charge in [-0.1, -0.05) is 55.4 Å². The third-order valence-corrected chi connectivity index (χ3v) is 10.6. The van der Waals surface area contributed by atoms with E-state index in [1.54, 1.807) is 0 Å². The van der Waals surface area contributed by atoms with E-state index < -0.39 is 11.9 Å². The third kappa shape index (κ3) is 5.85. The summed E-state index contributed by atoms with van der Waals surface area (Å²) in [4.78, 5) is 26.0. The topological polar surface area (TPSA) is 98.7 Å². The minimum Gasteiger partial charge on any atom is -0.478 e. The van der Waals surface area contributed by atoms with Gasteiger partial charge >= 0.3 is 11.9 Å². The Balaban J connectivity index is 2.76. The average molecular weight is 507 g/mol. The molecular formula is C30H54N2O4. The highest BCUT2D eigenvalue weighted by Crippen LogP contribution is 2.48. The van der Waals surface area contributed by atoms with Crippen molar-refractivity contribution >= 4 is 11.9 Å². The number of hydrogen-bond acceptors (Lipinski definition) is 4. The second kappa shape index (κ2) is 12.0. The number of rotatable bonds is 12. The summed E-state index contributed by atoms with van der Waals surface area (Å²) in [6, 6.07) is 0. The highest BCUT2D eigenvalue weighted by molar-refractivity contribution is 5.99. The van der Waals surface area contributed by atoms with Crippen LogP contribution >= 0.6 is 0 Å². The molecule has 0 radical (unpaired) electrons. The van der Waals surface area contributed by atoms with Crippen LogP contribution in [-0.2, 0) is 9.59 Å². The molecule has 0 spiro atoms. The van der Waals surface area contributed by atoms with Crippen LogP contribution in [-0.4, -0.2) is 44.3 Å². The summed E-state index contributed by atoms with van der Waals surface area (Å²) in [5.74, 6) is -2.64. The first-order valence-corrected chi connectivity index (χ1v) is 14.7. The third-order valence-electron chi connectivity index (χ3n) is 10.6. The first kappa shape index (κ1) is 30.8. The summed E-state index contributed by atoms with van der Waals surface area (Å²) in [5.41, 5.74) is -0.367. The van der Waals surface area contributed by atoms with Crippen molar-refractivity contribution in [1.29, 1.82) is 0 Å². The summed E-state index contributed by atoms with van der Waals surface area (Å²) in [7, 11) is 0. The number of piperidine rings is 2. The predicted molar refractivity (Wildman–Crippen MR) is 147 cm³/mol. The second-order valence-electron chi connectivity index (χ2n) is 11.8. The summed E-state index contributed by atoms with van der Waals surface area (Å²) in [6.07, 6.45) is 9.86. The van der Waals surface area contributed by atoms with Gasteiger partial charge in [0.2, 0.25) is 0 Å². The Morgan fingerprint density at radius 1 is 0.528 bits per heavy atom. The Hall–Kier alpha value is -1.40. The maximum atomic E-state index is 13.0. The van der Waals surface area contributed by atoms with Gasteiger partial charge in [0.15, 0.2) is 0 Å². The quantitative estimate of drug-likeness (QED) is 0.220. The van der Waals surface area contributed by atoms with Crippen molar-refractivity contribution in [2.75, 3.05) is 0 Å². The average Bonchev–Trinajstić information content (AvgIpc) is 2.90. The Bertz CT molecular complexity index is 696. The van der Waals surface area contributed by atoms with Crippen molar-refractivity contribution in [3.8, 4) is 0 Å². The van der Waals surface area contributed by atoms with Gasteiger partial charge in [0, 0.05) is 22.2 Å². The molecule has 0 aromatic carbocycles. The van der Waals surface area contributed by atoms with E-state index in [9.17, 15) is 19.8 Å². The molecule has 6 nitrogen and oxygen atoms in total. The maximum Gasteiger partial charge on any atom is 0.332 e. The molecule has 4 N–H and O–H groups in total. The van der Waals surface area contributed by atoms with E-state index in [-0.39, 0.29) is 45.1 Å². The molecule has 2 fully saturated rings. The van der Waals surface area contributed by atoms with Crippen molar-refractivity contribution in [2.45, 2.75) is 155 Å². The smallest absolute Gasteiger partial charge is 0.332 e. The zero-order chi connectivity index (χ0) is 27.4. The predicted octanol–water partition coefficient (Wildman–Crippen LogP) is 6.69. The lowest BCUT2D eigenvalue weighted by molar-refractivity contribution is -0.137. The van der Waals surface area contributed by atoms with Crippen LogP contribution in [0, 0.1) is 11.8 Å². The lowest BCUT2D eigenvalue weighted by atomic mass is 9.63. The molecule has 36 heavy (non-hydrogen) atoms. The van der Waals surface area contributed by atoms with Crippen molar-refractivity contribution in [2.24, 2.45) is 11.8 Å². The Morgan fingerprint density at radius 2 is 0.722 bits per heavy atom. The lowest BCUT2D eigenvalue weighted by Gasteiger charge is -2.54. The number of nitrogens with one attached hydrogen (secondary N) is 2. The van der Waals surface area contributed by atoms with Crippen LogP contribution in [0.5, 0.6) is 0 Å². The van der Waals surface area contributed by atoms with Crippen LogP contribution < -0.4 is 10.6 Å². The number of aliphatic carboxylic acids is 2. The fourth-order valence-electron chi connectivity index (χ4n) is 7.65. The number of carbonyl (C=O) groups is 2. The molecule has 0 aromatic rings. The van der Waals surface area contributed by atoms with Gasteiger partial charge in [-0.05, 0) is 88.9 Å². The SMILES string of the molecule is CCC1(CC)CC(/C(C(=O)O)=C(/C(=O)O)C2CC(CC)(CC)NC(CC)(CC)C2)CC(CC)(CC)N1. The van der Waals surface area contributed by atoms with E-state index in [2.05, 4.69) is 66.0 Å². The highest BCUT2D eigenvalue weighted by atomic mass is 16.4. The molecule has 2 aliphatic heterocycles. The summed E-state index contributed by atoms with van der Waals surface area (Å²) in [5, 5.41) is 29.2. The first-order chi connectivity index (χ1) is 16.9. The van der Waals surface area contributed by atoms with E-state index in [0.29, 0.717) is 25.7 Å². The van der Waals surface area contributed by atoms with Gasteiger partial charge in [-0.2, -0.15) is 0 Å². The van der Waals surface area contributed by atoms with E-state index in [0.717, 1.165) is 51.4 Å². The fraction of sp³-hybridized carbons (Fsp3) is 0.867. The fourth-order valence-corrected chi connectivity index (χ4v) is 7.65. The van der Waals surface area contributed by atoms with Crippen molar-refractivity contribution in [3.63, 3.8) is 0 Å². The molecule has 0 unspecified atom stereocenters. The zero-order valence-electron chi connectivity index (χ0n) is 24.4. The Labute approximate surface area is 220 Å². The second-order valence-corrected chi connectivity index (χ2v) is 11.8. The molecule has 208 valence electrons. The molecule has 6 heteroatoms. The van der Waals surface area contributed by atoms with Gasteiger partial charge in [0.1, 0.15) is 0 Å². The summed E-state index contributed by atoms with van der Waals surface area (Å²) in [6.45, 7) is 17.3. The normalized spacial score (nSPS) is 24.2. The van der Waals surface area contributed by atoms with E-state index in [1.165, 1.54) is 0 Å². The van der Waals surface area contributed by atoms with Gasteiger partial charge in [-0.25, -0.2) is 9.59 Å². The van der Waals surface area contributed by atoms with Gasteiger partial charge in [0.25, 0.3) is 0 Å². The summed E-state index contributed by atoms with van der Waals surface area (Å²) >= 11 is 0.